The zero-order valence-corrected chi connectivity index (χ0v) is 10.7. The molecule has 0 aliphatic heterocycles. The van der Waals surface area contributed by atoms with Gasteiger partial charge in [0.05, 0.1) is 5.92 Å². The average Bonchev–Trinajstić information content (AvgIpc) is 2.41. The molecule has 1 heterocycles. The number of carboxylic acid groups (broad SMARTS) is 1. The maximum absolute atomic E-state index is 10.9. The zero-order valence-electron chi connectivity index (χ0n) is 10.7. The lowest BCUT2D eigenvalue weighted by molar-refractivity contribution is -0.143. The third kappa shape index (κ3) is 2.88. The summed E-state index contributed by atoms with van der Waals surface area (Å²) in [6, 6.07) is 4.37. The van der Waals surface area contributed by atoms with Crippen molar-refractivity contribution in [3.05, 3.63) is 30.1 Å². The minimum absolute atomic E-state index is 0.142. The Morgan fingerprint density at radius 1 is 1.33 bits per heavy atom. The van der Waals surface area contributed by atoms with Gasteiger partial charge in [0.2, 0.25) is 0 Å². The van der Waals surface area contributed by atoms with Gasteiger partial charge in [-0.1, -0.05) is 0 Å². The molecule has 4 nitrogen and oxygen atoms in total. The van der Waals surface area contributed by atoms with Crippen LogP contribution in [0.3, 0.4) is 0 Å². The van der Waals surface area contributed by atoms with Gasteiger partial charge in [-0.05, 0) is 56.3 Å². The fraction of sp³-hybridized carbons (Fsp3) is 0.571. The van der Waals surface area contributed by atoms with Crippen LogP contribution in [-0.2, 0) is 4.79 Å². The second kappa shape index (κ2) is 5.96. The van der Waals surface area contributed by atoms with Crippen molar-refractivity contribution in [2.75, 3.05) is 7.05 Å². The number of hydrogen-bond acceptors (Lipinski definition) is 3. The molecule has 0 amide bonds. The molecule has 0 spiro atoms. The molecule has 2 rings (SSSR count). The van der Waals surface area contributed by atoms with Crippen LogP contribution in [0, 0.1) is 11.8 Å². The van der Waals surface area contributed by atoms with Crippen molar-refractivity contribution in [1.29, 1.82) is 0 Å². The molecule has 0 aromatic carbocycles. The first-order chi connectivity index (χ1) is 8.72. The number of aliphatic carboxylic acids is 1. The first kappa shape index (κ1) is 13.0. The molecular formula is C14H20N2O2. The van der Waals surface area contributed by atoms with Crippen molar-refractivity contribution >= 4 is 5.97 Å². The molecule has 1 aliphatic carbocycles. The highest BCUT2D eigenvalue weighted by molar-refractivity contribution is 5.70. The standard InChI is InChI=1S/C14H20N2O2/c1-15-13(11-6-8-16-9-7-11)10-2-4-12(5-3-10)14(17)18/h6-10,12-13,15H,2-5H2,1H3,(H,17,18). The van der Waals surface area contributed by atoms with Crippen LogP contribution in [-0.4, -0.2) is 23.1 Å². The Morgan fingerprint density at radius 2 is 1.94 bits per heavy atom. The molecule has 0 radical (unpaired) electrons. The van der Waals surface area contributed by atoms with Crippen LogP contribution in [0.1, 0.15) is 37.3 Å². The summed E-state index contributed by atoms with van der Waals surface area (Å²) in [4.78, 5) is 15.0. The number of carboxylic acids is 1. The predicted octanol–water partition coefficient (Wildman–Crippen LogP) is 2.23. The van der Waals surface area contributed by atoms with Gasteiger partial charge in [-0.25, -0.2) is 0 Å². The van der Waals surface area contributed by atoms with E-state index in [4.69, 9.17) is 5.11 Å². The molecule has 4 heteroatoms. The second-order valence-electron chi connectivity index (χ2n) is 5.00. The van der Waals surface area contributed by atoms with E-state index in [0.29, 0.717) is 12.0 Å². The molecule has 0 saturated heterocycles. The number of aromatic nitrogens is 1. The van der Waals surface area contributed by atoms with Crippen LogP contribution in [0.15, 0.2) is 24.5 Å². The van der Waals surface area contributed by atoms with E-state index in [1.807, 2.05) is 31.6 Å². The van der Waals surface area contributed by atoms with E-state index in [1.165, 1.54) is 5.56 Å². The van der Waals surface area contributed by atoms with Crippen molar-refractivity contribution in [1.82, 2.24) is 10.3 Å². The second-order valence-corrected chi connectivity index (χ2v) is 5.00. The molecule has 1 aromatic rings. The number of carbonyl (C=O) groups is 1. The summed E-state index contributed by atoms with van der Waals surface area (Å²) in [5.74, 6) is -0.262. The molecule has 1 fully saturated rings. The number of hydrogen-bond donors (Lipinski definition) is 2. The van der Waals surface area contributed by atoms with Crippen molar-refractivity contribution in [3.63, 3.8) is 0 Å². The Kier molecular flexibility index (Phi) is 4.31. The Labute approximate surface area is 107 Å². The van der Waals surface area contributed by atoms with Crippen LogP contribution >= 0.6 is 0 Å². The van der Waals surface area contributed by atoms with Gasteiger partial charge in [0.15, 0.2) is 0 Å². The zero-order chi connectivity index (χ0) is 13.0. The van der Waals surface area contributed by atoms with Crippen molar-refractivity contribution in [2.24, 2.45) is 11.8 Å². The van der Waals surface area contributed by atoms with Crippen LogP contribution in [0.4, 0.5) is 0 Å². The molecule has 1 aliphatic rings. The summed E-state index contributed by atoms with van der Waals surface area (Å²) < 4.78 is 0. The summed E-state index contributed by atoms with van der Waals surface area (Å²) in [7, 11) is 1.97. The minimum atomic E-state index is -0.640. The first-order valence-electron chi connectivity index (χ1n) is 6.52. The highest BCUT2D eigenvalue weighted by atomic mass is 16.4. The highest BCUT2D eigenvalue weighted by Crippen LogP contribution is 2.36. The Morgan fingerprint density at radius 3 is 2.44 bits per heavy atom. The minimum Gasteiger partial charge on any atom is -0.481 e. The fourth-order valence-corrected chi connectivity index (χ4v) is 2.94. The molecule has 0 bridgehead atoms. The lowest BCUT2D eigenvalue weighted by Crippen LogP contribution is -2.30. The SMILES string of the molecule is CNC(c1ccncc1)C1CCC(C(=O)O)CC1. The lowest BCUT2D eigenvalue weighted by Gasteiger charge is -2.32. The van der Waals surface area contributed by atoms with E-state index < -0.39 is 5.97 Å². The fourth-order valence-electron chi connectivity index (χ4n) is 2.94. The Hall–Kier alpha value is -1.42. The molecule has 98 valence electrons. The quantitative estimate of drug-likeness (QED) is 0.857. The van der Waals surface area contributed by atoms with E-state index in [2.05, 4.69) is 10.3 Å². The van der Waals surface area contributed by atoms with E-state index in [9.17, 15) is 4.79 Å². The van der Waals surface area contributed by atoms with Gasteiger partial charge in [0.1, 0.15) is 0 Å². The van der Waals surface area contributed by atoms with Crippen LogP contribution in [0.5, 0.6) is 0 Å². The van der Waals surface area contributed by atoms with Gasteiger partial charge in [-0.2, -0.15) is 0 Å². The normalized spacial score (nSPS) is 25.6. The molecule has 1 aromatic heterocycles. The maximum atomic E-state index is 10.9. The highest BCUT2D eigenvalue weighted by Gasteiger charge is 2.30. The molecular weight excluding hydrogens is 228 g/mol. The van der Waals surface area contributed by atoms with Crippen molar-refractivity contribution in [2.45, 2.75) is 31.7 Å². The van der Waals surface area contributed by atoms with Gasteiger partial charge in [0.25, 0.3) is 0 Å². The van der Waals surface area contributed by atoms with Gasteiger partial charge < -0.3 is 10.4 Å². The van der Waals surface area contributed by atoms with Crippen LogP contribution in [0.25, 0.3) is 0 Å². The topological polar surface area (TPSA) is 62.2 Å². The van der Waals surface area contributed by atoms with E-state index in [1.54, 1.807) is 0 Å². The summed E-state index contributed by atoms with van der Waals surface area (Å²) >= 11 is 0. The third-order valence-electron chi connectivity index (χ3n) is 3.97. The Balaban J connectivity index is 2.01. The van der Waals surface area contributed by atoms with E-state index in [0.717, 1.165) is 25.7 Å². The first-order valence-corrected chi connectivity index (χ1v) is 6.52. The van der Waals surface area contributed by atoms with Gasteiger partial charge in [0, 0.05) is 18.4 Å². The van der Waals surface area contributed by atoms with Crippen molar-refractivity contribution < 1.29 is 9.90 Å². The van der Waals surface area contributed by atoms with E-state index in [-0.39, 0.29) is 5.92 Å². The Bertz CT molecular complexity index is 386. The maximum Gasteiger partial charge on any atom is 0.306 e. The number of rotatable bonds is 4. The lowest BCUT2D eigenvalue weighted by atomic mass is 9.77. The van der Waals surface area contributed by atoms with Gasteiger partial charge in [-0.15, -0.1) is 0 Å². The molecule has 1 atom stereocenters. The van der Waals surface area contributed by atoms with Crippen LogP contribution in [0.2, 0.25) is 0 Å². The van der Waals surface area contributed by atoms with Gasteiger partial charge >= 0.3 is 5.97 Å². The van der Waals surface area contributed by atoms with Crippen molar-refractivity contribution in [3.8, 4) is 0 Å². The third-order valence-corrected chi connectivity index (χ3v) is 3.97. The van der Waals surface area contributed by atoms with Gasteiger partial charge in [-0.3, -0.25) is 9.78 Å². The number of nitrogens with one attached hydrogen (secondary N) is 1. The summed E-state index contributed by atoms with van der Waals surface area (Å²) in [5, 5.41) is 12.4. The summed E-state index contributed by atoms with van der Waals surface area (Å²) in [5.41, 5.74) is 1.24. The predicted molar refractivity (Wildman–Crippen MR) is 69.1 cm³/mol. The van der Waals surface area contributed by atoms with E-state index >= 15 is 0 Å². The monoisotopic (exact) mass is 248 g/mol. The molecule has 1 unspecified atom stereocenters. The number of nitrogens with zero attached hydrogens (tertiary/aromatic N) is 1. The summed E-state index contributed by atoms with van der Waals surface area (Å²) in [6.45, 7) is 0. The molecule has 1 saturated carbocycles. The molecule has 18 heavy (non-hydrogen) atoms. The smallest absolute Gasteiger partial charge is 0.306 e. The summed E-state index contributed by atoms with van der Waals surface area (Å²) in [6.07, 6.45) is 7.16. The largest absolute Gasteiger partial charge is 0.481 e. The molecule has 2 N–H and O–H groups in total. The number of pyridine rings is 1. The average molecular weight is 248 g/mol. The van der Waals surface area contributed by atoms with Crippen LogP contribution < -0.4 is 5.32 Å².